The molecule has 2 unspecified atom stereocenters. The van der Waals surface area contributed by atoms with Crippen molar-refractivity contribution in [1.82, 2.24) is 20.4 Å². The lowest BCUT2D eigenvalue weighted by atomic mass is 9.94. The van der Waals surface area contributed by atoms with E-state index in [0.29, 0.717) is 5.92 Å². The van der Waals surface area contributed by atoms with E-state index in [1.165, 1.54) is 5.56 Å². The van der Waals surface area contributed by atoms with Gasteiger partial charge in [0.05, 0.1) is 0 Å². The van der Waals surface area contributed by atoms with Gasteiger partial charge >= 0.3 is 0 Å². The maximum Gasteiger partial charge on any atom is 0.251 e. The molecule has 2 heterocycles. The van der Waals surface area contributed by atoms with E-state index >= 15 is 0 Å². The summed E-state index contributed by atoms with van der Waals surface area (Å²) < 4.78 is 0. The van der Waals surface area contributed by atoms with E-state index in [-0.39, 0.29) is 11.9 Å². The Morgan fingerprint density at radius 2 is 2.08 bits per heavy atom. The van der Waals surface area contributed by atoms with Gasteiger partial charge in [-0.25, -0.2) is 0 Å². The Bertz CT molecular complexity index is 554. The van der Waals surface area contributed by atoms with Crippen molar-refractivity contribution in [2.24, 2.45) is 5.92 Å². The molecular weight excluding hydrogens is 300 g/mol. The maximum atomic E-state index is 12.6. The number of carbonyl (C=O) groups is 1. The molecule has 1 aromatic carbocycles. The number of nitrogens with one attached hydrogen (secondary N) is 2. The van der Waals surface area contributed by atoms with Gasteiger partial charge in [-0.05, 0) is 43.6 Å². The molecule has 2 aliphatic heterocycles. The van der Waals surface area contributed by atoms with Crippen LogP contribution in [0.3, 0.4) is 0 Å². The Balaban J connectivity index is 1.58. The number of benzene rings is 1. The molecule has 132 valence electrons. The van der Waals surface area contributed by atoms with Gasteiger partial charge in [0, 0.05) is 50.9 Å². The van der Waals surface area contributed by atoms with Gasteiger partial charge in [-0.15, -0.1) is 0 Å². The highest BCUT2D eigenvalue weighted by Crippen LogP contribution is 2.14. The molecule has 2 N–H and O–H groups in total. The summed E-state index contributed by atoms with van der Waals surface area (Å²) in [4.78, 5) is 17.4. The van der Waals surface area contributed by atoms with Crippen molar-refractivity contribution >= 4 is 5.91 Å². The lowest BCUT2D eigenvalue weighted by Crippen LogP contribution is -2.50. The van der Waals surface area contributed by atoms with E-state index in [1.54, 1.807) is 0 Å². The van der Waals surface area contributed by atoms with E-state index in [2.05, 4.69) is 46.5 Å². The normalized spacial score (nSPS) is 26.2. The van der Waals surface area contributed by atoms with Crippen molar-refractivity contribution in [3.63, 3.8) is 0 Å². The first-order valence-electron chi connectivity index (χ1n) is 9.13. The third-order valence-electron chi connectivity index (χ3n) is 5.34. The second kappa shape index (κ2) is 8.10. The summed E-state index contributed by atoms with van der Waals surface area (Å²) in [5.41, 5.74) is 2.00. The average Bonchev–Trinajstić information content (AvgIpc) is 2.59. The molecule has 1 aromatic rings. The molecule has 2 aliphatic rings. The van der Waals surface area contributed by atoms with Crippen molar-refractivity contribution in [2.45, 2.75) is 25.9 Å². The monoisotopic (exact) mass is 330 g/mol. The number of hydrogen-bond donors (Lipinski definition) is 2. The molecule has 0 radical (unpaired) electrons. The van der Waals surface area contributed by atoms with Gasteiger partial charge in [0.1, 0.15) is 0 Å². The zero-order valence-electron chi connectivity index (χ0n) is 14.9. The lowest BCUT2D eigenvalue weighted by Gasteiger charge is -2.32. The maximum absolute atomic E-state index is 12.6. The summed E-state index contributed by atoms with van der Waals surface area (Å²) in [5.74, 6) is 0.583. The summed E-state index contributed by atoms with van der Waals surface area (Å²) in [5, 5.41) is 6.57. The van der Waals surface area contributed by atoms with Gasteiger partial charge < -0.3 is 15.5 Å². The van der Waals surface area contributed by atoms with Crippen LogP contribution in [0.2, 0.25) is 0 Å². The van der Waals surface area contributed by atoms with Gasteiger partial charge in [-0.2, -0.15) is 0 Å². The van der Waals surface area contributed by atoms with E-state index in [0.717, 1.165) is 57.8 Å². The summed E-state index contributed by atoms with van der Waals surface area (Å²) in [7, 11) is 2.17. The van der Waals surface area contributed by atoms with Gasteiger partial charge in [-0.1, -0.05) is 19.1 Å². The van der Waals surface area contributed by atoms with Crippen LogP contribution in [0.1, 0.15) is 29.3 Å². The molecule has 0 saturated carbocycles. The smallest absolute Gasteiger partial charge is 0.251 e. The molecule has 1 amide bonds. The minimum Gasteiger partial charge on any atom is -0.348 e. The first-order valence-corrected chi connectivity index (χ1v) is 9.13. The largest absolute Gasteiger partial charge is 0.348 e. The van der Waals surface area contributed by atoms with E-state index in [1.807, 2.05) is 12.1 Å². The average molecular weight is 330 g/mol. The van der Waals surface area contributed by atoms with Crippen LogP contribution in [0.25, 0.3) is 0 Å². The quantitative estimate of drug-likeness (QED) is 0.870. The van der Waals surface area contributed by atoms with Crippen LogP contribution in [0.4, 0.5) is 0 Å². The fourth-order valence-corrected chi connectivity index (χ4v) is 3.51. The number of rotatable bonds is 4. The molecule has 5 heteroatoms. The van der Waals surface area contributed by atoms with Crippen LogP contribution in [-0.4, -0.2) is 68.1 Å². The lowest BCUT2D eigenvalue weighted by molar-refractivity contribution is 0.0915. The van der Waals surface area contributed by atoms with Crippen molar-refractivity contribution in [3.8, 4) is 0 Å². The molecular formula is C19H30N4O. The van der Waals surface area contributed by atoms with Gasteiger partial charge in [0.25, 0.3) is 5.91 Å². The Hall–Kier alpha value is -1.43. The SMILES string of the molecule is CC1CCNCC1NC(=O)c1cccc(CN2CCN(C)CC2)c1. The Morgan fingerprint density at radius 3 is 2.83 bits per heavy atom. The van der Waals surface area contributed by atoms with Crippen LogP contribution in [0.5, 0.6) is 0 Å². The number of piperazine rings is 1. The Kier molecular flexibility index (Phi) is 5.87. The highest BCUT2D eigenvalue weighted by molar-refractivity contribution is 5.94. The first kappa shape index (κ1) is 17.4. The molecule has 0 aliphatic carbocycles. The van der Waals surface area contributed by atoms with Crippen molar-refractivity contribution in [1.29, 1.82) is 0 Å². The topological polar surface area (TPSA) is 47.6 Å². The van der Waals surface area contributed by atoms with E-state index in [9.17, 15) is 4.79 Å². The molecule has 5 nitrogen and oxygen atoms in total. The predicted molar refractivity (Wildman–Crippen MR) is 97.1 cm³/mol. The number of nitrogens with zero attached hydrogens (tertiary/aromatic N) is 2. The van der Waals surface area contributed by atoms with Gasteiger partial charge in [0.15, 0.2) is 0 Å². The summed E-state index contributed by atoms with van der Waals surface area (Å²) in [6, 6.07) is 8.33. The molecule has 3 rings (SSSR count). The fraction of sp³-hybridized carbons (Fsp3) is 0.632. The number of piperidine rings is 1. The molecule has 0 bridgehead atoms. The molecule has 2 atom stereocenters. The fourth-order valence-electron chi connectivity index (χ4n) is 3.51. The highest BCUT2D eigenvalue weighted by atomic mass is 16.1. The molecule has 24 heavy (non-hydrogen) atoms. The number of likely N-dealkylation sites (N-methyl/N-ethyl adjacent to an activating group) is 1. The second-order valence-corrected chi connectivity index (χ2v) is 7.33. The number of amides is 1. The van der Waals surface area contributed by atoms with Crippen LogP contribution in [0, 0.1) is 5.92 Å². The molecule has 2 fully saturated rings. The number of carbonyl (C=O) groups excluding carboxylic acids is 1. The van der Waals surface area contributed by atoms with E-state index in [4.69, 9.17) is 0 Å². The Morgan fingerprint density at radius 1 is 1.29 bits per heavy atom. The van der Waals surface area contributed by atoms with Crippen molar-refractivity contribution in [2.75, 3.05) is 46.3 Å². The zero-order chi connectivity index (χ0) is 16.9. The van der Waals surface area contributed by atoms with Gasteiger partial charge in [-0.3, -0.25) is 9.69 Å². The molecule has 2 saturated heterocycles. The van der Waals surface area contributed by atoms with Crippen LogP contribution < -0.4 is 10.6 Å². The van der Waals surface area contributed by atoms with Gasteiger partial charge in [0.2, 0.25) is 0 Å². The van der Waals surface area contributed by atoms with Crippen LogP contribution in [-0.2, 0) is 6.54 Å². The molecule has 0 spiro atoms. The third kappa shape index (κ3) is 4.56. The summed E-state index contributed by atoms with van der Waals surface area (Å²) >= 11 is 0. The minimum atomic E-state index is 0.0516. The summed E-state index contributed by atoms with van der Waals surface area (Å²) in [6.45, 7) is 9.49. The predicted octanol–water partition coefficient (Wildman–Crippen LogP) is 1.16. The number of hydrogen-bond acceptors (Lipinski definition) is 4. The Labute approximate surface area is 145 Å². The van der Waals surface area contributed by atoms with Crippen molar-refractivity contribution < 1.29 is 4.79 Å². The first-order chi connectivity index (χ1) is 11.6. The minimum absolute atomic E-state index is 0.0516. The highest BCUT2D eigenvalue weighted by Gasteiger charge is 2.23. The van der Waals surface area contributed by atoms with Crippen molar-refractivity contribution in [3.05, 3.63) is 35.4 Å². The molecule has 0 aromatic heterocycles. The van der Waals surface area contributed by atoms with Crippen LogP contribution >= 0.6 is 0 Å². The second-order valence-electron chi connectivity index (χ2n) is 7.33. The van der Waals surface area contributed by atoms with E-state index < -0.39 is 0 Å². The summed E-state index contributed by atoms with van der Waals surface area (Å²) in [6.07, 6.45) is 1.12. The standard InChI is InChI=1S/C19H30N4O/c1-15-6-7-20-13-18(15)21-19(24)17-5-3-4-16(12-17)14-23-10-8-22(2)9-11-23/h3-5,12,15,18,20H,6-11,13-14H2,1-2H3,(H,21,24). The third-order valence-corrected chi connectivity index (χ3v) is 5.34. The zero-order valence-corrected chi connectivity index (χ0v) is 14.9. The van der Waals surface area contributed by atoms with Crippen LogP contribution in [0.15, 0.2) is 24.3 Å².